The number of thiocarbonyl (C=S) groups is 1. The third kappa shape index (κ3) is 3.70. The molecule has 0 aliphatic rings. The summed E-state index contributed by atoms with van der Waals surface area (Å²) in [5.74, 6) is 0.673. The van der Waals surface area contributed by atoms with E-state index in [9.17, 15) is 4.79 Å². The number of benzene rings is 1. The summed E-state index contributed by atoms with van der Waals surface area (Å²) in [6.45, 7) is 1.92. The minimum Gasteiger partial charge on any atom is -0.497 e. The van der Waals surface area contributed by atoms with E-state index in [4.69, 9.17) is 22.7 Å². The van der Waals surface area contributed by atoms with Gasteiger partial charge in [-0.1, -0.05) is 12.2 Å². The van der Waals surface area contributed by atoms with Crippen molar-refractivity contribution in [3.63, 3.8) is 0 Å². The molecule has 0 spiro atoms. The van der Waals surface area contributed by atoms with Crippen LogP contribution in [0.3, 0.4) is 0 Å². The predicted octanol–water partition coefficient (Wildman–Crippen LogP) is 1.83. The highest BCUT2D eigenvalue weighted by molar-refractivity contribution is 7.80. The van der Waals surface area contributed by atoms with Crippen molar-refractivity contribution in [3.8, 4) is 5.75 Å². The van der Waals surface area contributed by atoms with E-state index in [0.717, 1.165) is 5.75 Å². The molecule has 0 heterocycles. The molecule has 0 fully saturated rings. The van der Waals surface area contributed by atoms with Crippen LogP contribution in [-0.4, -0.2) is 36.0 Å². The summed E-state index contributed by atoms with van der Waals surface area (Å²) in [4.78, 5) is 14.2. The molecule has 0 bridgehead atoms. The first-order valence-corrected chi connectivity index (χ1v) is 6.06. The van der Waals surface area contributed by atoms with Crippen molar-refractivity contribution in [2.75, 3.05) is 14.2 Å². The standard InChI is InChI=1S/C13H18N2O2S/c1-9(8-12(14)18)15(2)13(16)10-4-6-11(17-3)7-5-10/h4-7,9H,8H2,1-3H3,(H2,14,18). The number of methoxy groups -OCH3 is 1. The number of nitrogens with zero attached hydrogens (tertiary/aromatic N) is 1. The molecule has 1 aromatic rings. The van der Waals surface area contributed by atoms with Gasteiger partial charge >= 0.3 is 0 Å². The molecule has 0 aliphatic heterocycles. The fourth-order valence-electron chi connectivity index (χ4n) is 1.57. The maximum Gasteiger partial charge on any atom is 0.253 e. The summed E-state index contributed by atoms with van der Waals surface area (Å²) >= 11 is 4.85. The van der Waals surface area contributed by atoms with Crippen molar-refractivity contribution in [2.45, 2.75) is 19.4 Å². The molecule has 1 aromatic carbocycles. The zero-order valence-corrected chi connectivity index (χ0v) is 11.7. The van der Waals surface area contributed by atoms with Gasteiger partial charge in [0.2, 0.25) is 0 Å². The second-order valence-electron chi connectivity index (χ2n) is 4.16. The molecule has 4 nitrogen and oxygen atoms in total. The molecule has 1 amide bonds. The van der Waals surface area contributed by atoms with E-state index in [1.54, 1.807) is 43.3 Å². The first-order valence-electron chi connectivity index (χ1n) is 5.65. The highest BCUT2D eigenvalue weighted by atomic mass is 32.1. The Kier molecular flexibility index (Phi) is 5.09. The van der Waals surface area contributed by atoms with Gasteiger partial charge in [0.1, 0.15) is 5.75 Å². The maximum absolute atomic E-state index is 12.2. The van der Waals surface area contributed by atoms with Gasteiger partial charge in [0, 0.05) is 25.1 Å². The van der Waals surface area contributed by atoms with Gasteiger partial charge in [-0.3, -0.25) is 4.79 Å². The van der Waals surface area contributed by atoms with Crippen LogP contribution in [0.2, 0.25) is 0 Å². The van der Waals surface area contributed by atoms with Crippen molar-refractivity contribution >= 4 is 23.1 Å². The number of carbonyl (C=O) groups is 1. The van der Waals surface area contributed by atoms with Crippen LogP contribution in [0.4, 0.5) is 0 Å². The van der Waals surface area contributed by atoms with E-state index in [-0.39, 0.29) is 11.9 Å². The predicted molar refractivity (Wildman–Crippen MR) is 76.0 cm³/mol. The lowest BCUT2D eigenvalue weighted by atomic mass is 10.1. The fraction of sp³-hybridized carbons (Fsp3) is 0.385. The quantitative estimate of drug-likeness (QED) is 0.826. The van der Waals surface area contributed by atoms with Crippen LogP contribution in [0, 0.1) is 0 Å². The van der Waals surface area contributed by atoms with E-state index < -0.39 is 0 Å². The van der Waals surface area contributed by atoms with Gasteiger partial charge < -0.3 is 15.4 Å². The SMILES string of the molecule is COc1ccc(C(=O)N(C)C(C)CC(N)=S)cc1. The molecule has 1 unspecified atom stereocenters. The van der Waals surface area contributed by atoms with Gasteiger partial charge in [-0.15, -0.1) is 0 Å². The Morgan fingerprint density at radius 3 is 2.44 bits per heavy atom. The van der Waals surface area contributed by atoms with Crippen molar-refractivity contribution in [3.05, 3.63) is 29.8 Å². The van der Waals surface area contributed by atoms with Crippen molar-refractivity contribution in [2.24, 2.45) is 5.73 Å². The lowest BCUT2D eigenvalue weighted by molar-refractivity contribution is 0.0748. The number of rotatable bonds is 5. The summed E-state index contributed by atoms with van der Waals surface area (Å²) in [5.41, 5.74) is 6.10. The number of ether oxygens (including phenoxy) is 1. The molecule has 98 valence electrons. The van der Waals surface area contributed by atoms with Crippen molar-refractivity contribution in [1.29, 1.82) is 0 Å². The Bertz CT molecular complexity index is 431. The number of hydrogen-bond acceptors (Lipinski definition) is 3. The van der Waals surface area contributed by atoms with Crippen LogP contribution in [0.1, 0.15) is 23.7 Å². The molecule has 18 heavy (non-hydrogen) atoms. The molecule has 2 N–H and O–H groups in total. The molecule has 1 atom stereocenters. The number of nitrogens with two attached hydrogens (primary N) is 1. The molecular formula is C13H18N2O2S. The molecule has 0 aliphatic carbocycles. The summed E-state index contributed by atoms with van der Waals surface area (Å²) in [6.07, 6.45) is 0.522. The first-order chi connectivity index (χ1) is 8.45. The fourth-order valence-corrected chi connectivity index (χ4v) is 1.81. The van der Waals surface area contributed by atoms with Crippen molar-refractivity contribution < 1.29 is 9.53 Å². The lowest BCUT2D eigenvalue weighted by Crippen LogP contribution is -2.37. The Morgan fingerprint density at radius 2 is 2.00 bits per heavy atom. The van der Waals surface area contributed by atoms with Crippen LogP contribution < -0.4 is 10.5 Å². The number of carbonyl (C=O) groups excluding carboxylic acids is 1. The Labute approximate surface area is 113 Å². The van der Waals surface area contributed by atoms with Crippen LogP contribution in [-0.2, 0) is 0 Å². The zero-order chi connectivity index (χ0) is 13.7. The van der Waals surface area contributed by atoms with Crippen LogP contribution >= 0.6 is 12.2 Å². The van der Waals surface area contributed by atoms with E-state index in [1.807, 2.05) is 6.92 Å². The normalized spacial score (nSPS) is 11.7. The topological polar surface area (TPSA) is 55.6 Å². The lowest BCUT2D eigenvalue weighted by Gasteiger charge is -2.24. The van der Waals surface area contributed by atoms with Crippen LogP contribution in [0.25, 0.3) is 0 Å². The molecule has 0 saturated carbocycles. The van der Waals surface area contributed by atoms with Gasteiger partial charge in [0.05, 0.1) is 12.1 Å². The maximum atomic E-state index is 12.2. The average molecular weight is 266 g/mol. The average Bonchev–Trinajstić information content (AvgIpc) is 2.36. The van der Waals surface area contributed by atoms with Crippen molar-refractivity contribution in [1.82, 2.24) is 4.90 Å². The van der Waals surface area contributed by atoms with E-state index >= 15 is 0 Å². The highest BCUT2D eigenvalue weighted by Crippen LogP contribution is 2.14. The van der Waals surface area contributed by atoms with Gasteiger partial charge in [0.25, 0.3) is 5.91 Å². The summed E-state index contributed by atoms with van der Waals surface area (Å²) in [6, 6.07) is 6.99. The summed E-state index contributed by atoms with van der Waals surface area (Å²) < 4.78 is 5.05. The van der Waals surface area contributed by atoms with E-state index in [2.05, 4.69) is 0 Å². The number of amides is 1. The first kappa shape index (κ1) is 14.4. The Hall–Kier alpha value is -1.62. The van der Waals surface area contributed by atoms with Gasteiger partial charge in [0.15, 0.2) is 0 Å². The summed E-state index contributed by atoms with van der Waals surface area (Å²) in [7, 11) is 3.34. The van der Waals surface area contributed by atoms with Crippen LogP contribution in [0.15, 0.2) is 24.3 Å². The van der Waals surface area contributed by atoms with E-state index in [1.165, 1.54) is 0 Å². The van der Waals surface area contributed by atoms with Crippen LogP contribution in [0.5, 0.6) is 5.75 Å². The number of hydrogen-bond donors (Lipinski definition) is 1. The molecule has 5 heteroatoms. The highest BCUT2D eigenvalue weighted by Gasteiger charge is 2.17. The van der Waals surface area contributed by atoms with Gasteiger partial charge in [-0.25, -0.2) is 0 Å². The van der Waals surface area contributed by atoms with Gasteiger partial charge in [-0.2, -0.15) is 0 Å². The smallest absolute Gasteiger partial charge is 0.253 e. The van der Waals surface area contributed by atoms with E-state index in [0.29, 0.717) is 17.0 Å². The van der Waals surface area contributed by atoms with Gasteiger partial charge in [-0.05, 0) is 31.2 Å². The molecule has 0 radical (unpaired) electrons. The largest absolute Gasteiger partial charge is 0.497 e. The zero-order valence-electron chi connectivity index (χ0n) is 10.8. The monoisotopic (exact) mass is 266 g/mol. The molecule has 0 aromatic heterocycles. The third-order valence-corrected chi connectivity index (χ3v) is 2.98. The Morgan fingerprint density at radius 1 is 1.44 bits per heavy atom. The Balaban J connectivity index is 2.76. The molecule has 0 saturated heterocycles. The third-order valence-electron chi connectivity index (χ3n) is 2.82. The summed E-state index contributed by atoms with van der Waals surface area (Å²) in [5, 5.41) is 0. The second kappa shape index (κ2) is 6.35. The minimum atomic E-state index is -0.0543. The molecular weight excluding hydrogens is 248 g/mol. The second-order valence-corrected chi connectivity index (χ2v) is 4.69. The minimum absolute atomic E-state index is 0.0166. The molecule has 1 rings (SSSR count).